The molecule has 0 aliphatic rings. The molecule has 0 aliphatic heterocycles. The summed E-state index contributed by atoms with van der Waals surface area (Å²) in [5.74, 6) is 0. The van der Waals surface area contributed by atoms with E-state index in [4.69, 9.17) is 0 Å². The van der Waals surface area contributed by atoms with Gasteiger partial charge >= 0.3 is 6.18 Å². The molecule has 0 aliphatic carbocycles. The van der Waals surface area contributed by atoms with E-state index in [9.17, 15) is 13.2 Å². The summed E-state index contributed by atoms with van der Waals surface area (Å²) < 4.78 is 38.9. The van der Waals surface area contributed by atoms with Gasteiger partial charge in [-0.3, -0.25) is 0 Å². The van der Waals surface area contributed by atoms with Crippen LogP contribution in [0.4, 0.5) is 13.2 Å². The van der Waals surface area contributed by atoms with Gasteiger partial charge in [-0.05, 0) is 55.9 Å². The fourth-order valence-corrected chi connectivity index (χ4v) is 3.12. The first-order valence-electron chi connectivity index (χ1n) is 11.6. The SMILES string of the molecule is C=C\C=C(C(=C\CCCC)/C(C)=C/C)\C(F)(F)F.CCCCCCCc1ccccc1. The molecule has 0 fully saturated rings. The van der Waals surface area contributed by atoms with Gasteiger partial charge in [0.1, 0.15) is 0 Å². The highest BCUT2D eigenvalue weighted by Gasteiger charge is 2.35. The van der Waals surface area contributed by atoms with Gasteiger partial charge in [0.15, 0.2) is 0 Å². The van der Waals surface area contributed by atoms with Gasteiger partial charge in [0.2, 0.25) is 0 Å². The van der Waals surface area contributed by atoms with Crippen LogP contribution in [0.2, 0.25) is 0 Å². The molecule has 31 heavy (non-hydrogen) atoms. The number of aryl methyl sites for hydroxylation is 1. The summed E-state index contributed by atoms with van der Waals surface area (Å²) in [5.41, 5.74) is 1.76. The molecule has 0 amide bonds. The lowest BCUT2D eigenvalue weighted by Crippen LogP contribution is -2.14. The third-order valence-electron chi connectivity index (χ3n) is 5.06. The molecule has 3 heteroatoms. The third-order valence-corrected chi connectivity index (χ3v) is 5.06. The lowest BCUT2D eigenvalue weighted by molar-refractivity contribution is -0.0891. The minimum absolute atomic E-state index is 0.262. The third kappa shape index (κ3) is 13.8. The number of benzene rings is 1. The van der Waals surface area contributed by atoms with E-state index in [-0.39, 0.29) is 5.57 Å². The molecular weight excluding hydrogens is 393 g/mol. The maximum atomic E-state index is 13.0. The van der Waals surface area contributed by atoms with Crippen molar-refractivity contribution in [1.29, 1.82) is 0 Å². The van der Waals surface area contributed by atoms with E-state index in [0.29, 0.717) is 12.0 Å². The second-order valence-electron chi connectivity index (χ2n) is 7.70. The van der Waals surface area contributed by atoms with Crippen LogP contribution >= 0.6 is 0 Å². The maximum Gasteiger partial charge on any atom is 0.416 e. The molecule has 0 nitrogen and oxygen atoms in total. The van der Waals surface area contributed by atoms with Crippen LogP contribution in [0.25, 0.3) is 0 Å². The van der Waals surface area contributed by atoms with Crippen molar-refractivity contribution in [3.05, 3.63) is 83.5 Å². The van der Waals surface area contributed by atoms with E-state index in [1.54, 1.807) is 26.0 Å². The average molecular weight is 435 g/mol. The summed E-state index contributed by atoms with van der Waals surface area (Å²) in [5, 5.41) is 0. The van der Waals surface area contributed by atoms with Gasteiger partial charge in [0.25, 0.3) is 0 Å². The summed E-state index contributed by atoms with van der Waals surface area (Å²) in [6.07, 6.45) is 11.9. The second kappa shape index (κ2) is 17.6. The van der Waals surface area contributed by atoms with Gasteiger partial charge in [-0.25, -0.2) is 0 Å². The summed E-state index contributed by atoms with van der Waals surface area (Å²) >= 11 is 0. The van der Waals surface area contributed by atoms with Crippen molar-refractivity contribution < 1.29 is 13.2 Å². The van der Waals surface area contributed by atoms with Crippen molar-refractivity contribution in [1.82, 2.24) is 0 Å². The lowest BCUT2D eigenvalue weighted by atomic mass is 9.96. The zero-order chi connectivity index (χ0) is 23.5. The number of hydrogen-bond acceptors (Lipinski definition) is 0. The largest absolute Gasteiger partial charge is 0.416 e. The Bertz CT molecular complexity index is 676. The molecule has 174 valence electrons. The Hall–Kier alpha value is -2.03. The summed E-state index contributed by atoms with van der Waals surface area (Å²) in [7, 11) is 0. The van der Waals surface area contributed by atoms with E-state index in [1.807, 2.05) is 6.92 Å². The molecule has 0 saturated heterocycles. The number of unbranched alkanes of at least 4 members (excludes halogenated alkanes) is 6. The van der Waals surface area contributed by atoms with Gasteiger partial charge in [-0.15, -0.1) is 0 Å². The Balaban J connectivity index is 0.000000609. The quantitative estimate of drug-likeness (QED) is 0.227. The standard InChI is InChI=1S/C15H21F3.C13H20/c1-5-8-9-11-13(12(4)7-3)14(10-6-2)15(16,17)18;1-2-3-4-5-7-10-13-11-8-6-9-12-13/h6-7,10-11H,2,5,8-9H2,1,3-4H3;6,8-9,11-12H,2-5,7,10H2,1H3/b12-7+,13-11-,14-10+;. The van der Waals surface area contributed by atoms with Crippen LogP contribution in [-0.2, 0) is 6.42 Å². The predicted octanol–water partition coefficient (Wildman–Crippen LogP) is 9.94. The Labute approximate surface area is 188 Å². The molecule has 0 spiro atoms. The fraction of sp³-hybridized carbons (Fsp3) is 0.500. The maximum absolute atomic E-state index is 13.0. The van der Waals surface area contributed by atoms with Gasteiger partial charge in [-0.1, -0.05) is 108 Å². The highest BCUT2D eigenvalue weighted by atomic mass is 19.4. The number of halogens is 3. The summed E-state index contributed by atoms with van der Waals surface area (Å²) in [4.78, 5) is 0. The van der Waals surface area contributed by atoms with Crippen molar-refractivity contribution in [2.24, 2.45) is 0 Å². The molecule has 0 saturated carbocycles. The van der Waals surface area contributed by atoms with Crippen molar-refractivity contribution in [2.75, 3.05) is 0 Å². The minimum Gasteiger partial charge on any atom is -0.166 e. The monoisotopic (exact) mass is 434 g/mol. The Morgan fingerprint density at radius 1 is 0.935 bits per heavy atom. The molecule has 0 unspecified atom stereocenters. The van der Waals surface area contributed by atoms with E-state index >= 15 is 0 Å². The van der Waals surface area contributed by atoms with Crippen molar-refractivity contribution in [2.45, 2.75) is 91.7 Å². The van der Waals surface area contributed by atoms with Gasteiger partial charge in [0, 0.05) is 0 Å². The molecule has 1 aromatic carbocycles. The zero-order valence-electron chi connectivity index (χ0n) is 19.9. The van der Waals surface area contributed by atoms with Crippen LogP contribution in [0, 0.1) is 0 Å². The molecule has 1 rings (SSSR count). The first-order chi connectivity index (χ1) is 14.8. The normalized spacial score (nSPS) is 12.9. The van der Waals surface area contributed by atoms with Gasteiger partial charge in [0.05, 0.1) is 5.57 Å². The van der Waals surface area contributed by atoms with Crippen molar-refractivity contribution >= 4 is 0 Å². The molecule has 0 bridgehead atoms. The van der Waals surface area contributed by atoms with Crippen molar-refractivity contribution in [3.63, 3.8) is 0 Å². The second-order valence-corrected chi connectivity index (χ2v) is 7.70. The number of allylic oxidation sites excluding steroid dienone is 7. The smallest absolute Gasteiger partial charge is 0.166 e. The lowest BCUT2D eigenvalue weighted by Gasteiger charge is -2.16. The highest BCUT2D eigenvalue weighted by Crippen LogP contribution is 2.35. The number of rotatable bonds is 12. The number of hydrogen-bond donors (Lipinski definition) is 0. The van der Waals surface area contributed by atoms with Crippen LogP contribution < -0.4 is 0 Å². The summed E-state index contributed by atoms with van der Waals surface area (Å²) in [6.45, 7) is 11.1. The van der Waals surface area contributed by atoms with E-state index < -0.39 is 11.7 Å². The average Bonchev–Trinajstić information content (AvgIpc) is 2.75. The van der Waals surface area contributed by atoms with Crippen molar-refractivity contribution in [3.8, 4) is 0 Å². The van der Waals surface area contributed by atoms with Crippen LogP contribution in [0.5, 0.6) is 0 Å². The van der Waals surface area contributed by atoms with Crippen LogP contribution in [-0.4, -0.2) is 6.18 Å². The zero-order valence-corrected chi connectivity index (χ0v) is 19.9. The Morgan fingerprint density at radius 3 is 2.06 bits per heavy atom. The van der Waals surface area contributed by atoms with E-state index in [0.717, 1.165) is 18.9 Å². The topological polar surface area (TPSA) is 0 Å². The minimum atomic E-state index is -4.35. The first kappa shape index (κ1) is 29.0. The molecule has 0 heterocycles. The summed E-state index contributed by atoms with van der Waals surface area (Å²) in [6, 6.07) is 10.8. The highest BCUT2D eigenvalue weighted by molar-refractivity contribution is 5.49. The molecule has 0 radical (unpaired) electrons. The first-order valence-corrected chi connectivity index (χ1v) is 11.6. The Kier molecular flexibility index (Phi) is 16.5. The fourth-order valence-electron chi connectivity index (χ4n) is 3.12. The molecule has 1 aromatic rings. The molecule has 0 aromatic heterocycles. The van der Waals surface area contributed by atoms with Gasteiger partial charge < -0.3 is 0 Å². The van der Waals surface area contributed by atoms with E-state index in [2.05, 4.69) is 43.8 Å². The van der Waals surface area contributed by atoms with Crippen LogP contribution in [0.1, 0.15) is 84.6 Å². The Morgan fingerprint density at radius 2 is 1.55 bits per heavy atom. The molecular formula is C28H41F3. The van der Waals surface area contributed by atoms with Crippen LogP contribution in [0.3, 0.4) is 0 Å². The van der Waals surface area contributed by atoms with E-state index in [1.165, 1.54) is 50.2 Å². The molecule has 0 atom stereocenters. The molecule has 0 N–H and O–H groups in total. The van der Waals surface area contributed by atoms with Gasteiger partial charge in [-0.2, -0.15) is 13.2 Å². The predicted molar refractivity (Wildman–Crippen MR) is 130 cm³/mol. The van der Waals surface area contributed by atoms with Crippen LogP contribution in [0.15, 0.2) is 77.9 Å². The number of alkyl halides is 3.